The summed E-state index contributed by atoms with van der Waals surface area (Å²) >= 11 is 1.46. The molecule has 5 rings (SSSR count). The number of morpholine rings is 1. The van der Waals surface area contributed by atoms with E-state index in [0.29, 0.717) is 42.6 Å². The second kappa shape index (κ2) is 7.93. The van der Waals surface area contributed by atoms with Crippen LogP contribution in [0.2, 0.25) is 0 Å². The molecule has 9 nitrogen and oxygen atoms in total. The second-order valence-corrected chi connectivity index (χ2v) is 9.05. The average molecular weight is 441 g/mol. The molecule has 0 radical (unpaired) electrons. The summed E-state index contributed by atoms with van der Waals surface area (Å²) in [7, 11) is 1.58. The first-order valence-corrected chi connectivity index (χ1v) is 11.1. The predicted octanol–water partition coefficient (Wildman–Crippen LogP) is 3.57. The molecular weight excluding hydrogens is 416 g/mol. The van der Waals surface area contributed by atoms with Crippen molar-refractivity contribution in [1.29, 1.82) is 0 Å². The molecule has 0 unspecified atom stereocenters. The predicted molar refractivity (Wildman–Crippen MR) is 118 cm³/mol. The summed E-state index contributed by atoms with van der Waals surface area (Å²) in [5, 5.41) is 14.6. The molecule has 2 aliphatic heterocycles. The monoisotopic (exact) mass is 440 g/mol. The lowest BCUT2D eigenvalue weighted by Gasteiger charge is -2.43. The third-order valence-corrected chi connectivity index (χ3v) is 6.77. The van der Waals surface area contributed by atoms with E-state index in [-0.39, 0.29) is 18.1 Å². The van der Waals surface area contributed by atoms with Gasteiger partial charge in [-0.05, 0) is 23.6 Å². The fourth-order valence-corrected chi connectivity index (χ4v) is 5.13. The number of hydrogen-bond donors (Lipinski definition) is 2. The first kappa shape index (κ1) is 20.0. The van der Waals surface area contributed by atoms with E-state index >= 15 is 0 Å². The van der Waals surface area contributed by atoms with E-state index < -0.39 is 0 Å². The molecular formula is C21H24N6O3S. The van der Waals surface area contributed by atoms with E-state index in [1.165, 1.54) is 16.9 Å². The number of anilines is 2. The van der Waals surface area contributed by atoms with Crippen molar-refractivity contribution in [1.82, 2.24) is 20.5 Å². The van der Waals surface area contributed by atoms with E-state index in [0.717, 1.165) is 16.1 Å². The molecule has 0 spiro atoms. The molecule has 2 aromatic heterocycles. The highest BCUT2D eigenvalue weighted by atomic mass is 32.1. The first-order chi connectivity index (χ1) is 15.0. The van der Waals surface area contributed by atoms with Crippen molar-refractivity contribution < 1.29 is 13.9 Å². The highest BCUT2D eigenvalue weighted by Gasteiger charge is 2.43. The molecule has 4 heterocycles. The average Bonchev–Trinajstić information content (AvgIpc) is 3.40. The zero-order chi connectivity index (χ0) is 21.5. The third kappa shape index (κ3) is 3.66. The fraction of sp³-hybridized carbons (Fsp3) is 0.429. The van der Waals surface area contributed by atoms with Gasteiger partial charge < -0.3 is 19.4 Å². The van der Waals surface area contributed by atoms with Crippen LogP contribution in [0.3, 0.4) is 0 Å². The molecule has 1 aromatic carbocycles. The first-order valence-electron chi connectivity index (χ1n) is 10.3. The lowest BCUT2D eigenvalue weighted by Crippen LogP contribution is -2.51. The van der Waals surface area contributed by atoms with Gasteiger partial charge in [0.15, 0.2) is 5.13 Å². The Balaban J connectivity index is 1.45. The summed E-state index contributed by atoms with van der Waals surface area (Å²) in [4.78, 5) is 19.5. The maximum Gasteiger partial charge on any atom is 0.320 e. The molecule has 10 heteroatoms. The van der Waals surface area contributed by atoms with Crippen molar-refractivity contribution in [2.45, 2.75) is 38.3 Å². The summed E-state index contributed by atoms with van der Waals surface area (Å²) in [6.45, 7) is 5.39. The van der Waals surface area contributed by atoms with Crippen LogP contribution in [0.5, 0.6) is 0 Å². The van der Waals surface area contributed by atoms with Crippen LogP contribution < -0.4 is 15.5 Å². The molecule has 3 aromatic rings. The maximum absolute atomic E-state index is 11.7. The molecule has 2 amide bonds. The third-order valence-electron chi connectivity index (χ3n) is 5.66. The van der Waals surface area contributed by atoms with Gasteiger partial charge in [-0.25, -0.2) is 9.78 Å². The highest BCUT2D eigenvalue weighted by Crippen LogP contribution is 2.43. The number of thiazole rings is 1. The minimum absolute atomic E-state index is 0.0523. The van der Waals surface area contributed by atoms with Gasteiger partial charge in [-0.2, -0.15) is 0 Å². The number of hydrogen-bond acceptors (Lipinski definition) is 8. The standard InChI is InChI=1S/C21H24N6O3S/c1-11(2)12-5-4-6-13(7-12)18-25-26-21(30-18)27-14-8-15-17(16(27)10-29-9-14)31-20(23-15)24-19(28)22-3/h4-7,11,14,16H,8-10H2,1-3H3,(H2,22,23,24,28)/t14-,16-/m0/s1. The molecule has 1 saturated heterocycles. The van der Waals surface area contributed by atoms with E-state index in [2.05, 4.69) is 56.7 Å². The number of carbonyl (C=O) groups is 1. The van der Waals surface area contributed by atoms with E-state index in [9.17, 15) is 4.79 Å². The smallest absolute Gasteiger partial charge is 0.320 e. The Labute approximate surface area is 183 Å². The molecule has 2 aliphatic rings. The molecule has 2 bridgehead atoms. The number of aromatic nitrogens is 3. The number of nitrogens with one attached hydrogen (secondary N) is 2. The van der Waals surface area contributed by atoms with Gasteiger partial charge >= 0.3 is 12.0 Å². The van der Waals surface area contributed by atoms with Gasteiger partial charge in [0.1, 0.15) is 0 Å². The van der Waals surface area contributed by atoms with Crippen LogP contribution in [0.1, 0.15) is 41.9 Å². The van der Waals surface area contributed by atoms with Gasteiger partial charge in [0, 0.05) is 19.0 Å². The molecule has 0 saturated carbocycles. The molecule has 31 heavy (non-hydrogen) atoms. The Kier molecular flexibility index (Phi) is 5.11. The molecule has 2 atom stereocenters. The SMILES string of the molecule is CNC(=O)Nc1nc2c(s1)[C@@H]1COC[C@H](C2)N1c1nnc(-c2cccc(C(C)C)c2)o1. The normalized spacial score (nSPS) is 19.9. The maximum atomic E-state index is 11.7. The Hall–Kier alpha value is -2.98. The summed E-state index contributed by atoms with van der Waals surface area (Å²) in [6, 6.07) is 8.39. The van der Waals surface area contributed by atoms with Crippen LogP contribution in [-0.2, 0) is 11.2 Å². The van der Waals surface area contributed by atoms with Gasteiger partial charge in [-0.3, -0.25) is 5.32 Å². The fourth-order valence-electron chi connectivity index (χ4n) is 4.05. The molecule has 2 N–H and O–H groups in total. The van der Waals surface area contributed by atoms with Gasteiger partial charge in [0.05, 0.1) is 35.9 Å². The molecule has 1 fully saturated rings. The Bertz CT molecular complexity index is 1110. The second-order valence-electron chi connectivity index (χ2n) is 8.02. The minimum atomic E-state index is -0.285. The summed E-state index contributed by atoms with van der Waals surface area (Å²) in [6.07, 6.45) is 0.693. The van der Waals surface area contributed by atoms with Crippen LogP contribution >= 0.6 is 11.3 Å². The lowest BCUT2D eigenvalue weighted by atomic mass is 9.97. The van der Waals surface area contributed by atoms with Crippen molar-refractivity contribution in [2.75, 3.05) is 30.5 Å². The summed E-state index contributed by atoms with van der Waals surface area (Å²) in [5.41, 5.74) is 3.14. The van der Waals surface area contributed by atoms with Gasteiger partial charge in [0.2, 0.25) is 5.89 Å². The number of fused-ring (bicyclic) bond motifs is 4. The van der Waals surface area contributed by atoms with Crippen LogP contribution in [0.15, 0.2) is 28.7 Å². The van der Waals surface area contributed by atoms with Crippen molar-refractivity contribution in [3.05, 3.63) is 40.4 Å². The van der Waals surface area contributed by atoms with Crippen LogP contribution in [0.4, 0.5) is 15.9 Å². The summed E-state index contributed by atoms with van der Waals surface area (Å²) < 4.78 is 12.0. The summed E-state index contributed by atoms with van der Waals surface area (Å²) in [5.74, 6) is 0.928. The zero-order valence-electron chi connectivity index (χ0n) is 17.6. The Morgan fingerprint density at radius 1 is 1.29 bits per heavy atom. The highest BCUT2D eigenvalue weighted by molar-refractivity contribution is 7.16. The van der Waals surface area contributed by atoms with E-state index in [1.807, 2.05) is 12.1 Å². The van der Waals surface area contributed by atoms with Gasteiger partial charge in [-0.15, -0.1) is 5.10 Å². The number of carbonyl (C=O) groups excluding carboxylic acids is 1. The van der Waals surface area contributed by atoms with Crippen molar-refractivity contribution in [2.24, 2.45) is 0 Å². The van der Waals surface area contributed by atoms with Crippen LogP contribution in [0.25, 0.3) is 11.5 Å². The van der Waals surface area contributed by atoms with Crippen molar-refractivity contribution in [3.8, 4) is 11.5 Å². The molecule has 162 valence electrons. The van der Waals surface area contributed by atoms with E-state index in [4.69, 9.17) is 9.15 Å². The Morgan fingerprint density at radius 3 is 2.97 bits per heavy atom. The number of amides is 2. The quantitative estimate of drug-likeness (QED) is 0.639. The number of rotatable bonds is 4. The number of ether oxygens (including phenoxy) is 1. The van der Waals surface area contributed by atoms with Crippen LogP contribution in [-0.4, -0.2) is 47.5 Å². The number of urea groups is 1. The number of nitrogens with zero attached hydrogens (tertiary/aromatic N) is 4. The lowest BCUT2D eigenvalue weighted by molar-refractivity contribution is 0.0578. The van der Waals surface area contributed by atoms with Crippen molar-refractivity contribution in [3.63, 3.8) is 0 Å². The topological polar surface area (TPSA) is 105 Å². The Morgan fingerprint density at radius 2 is 2.16 bits per heavy atom. The number of benzene rings is 1. The van der Waals surface area contributed by atoms with Gasteiger partial charge in [0.25, 0.3) is 0 Å². The zero-order valence-corrected chi connectivity index (χ0v) is 18.4. The largest absolute Gasteiger partial charge is 0.403 e. The molecule has 0 aliphatic carbocycles. The minimum Gasteiger partial charge on any atom is -0.403 e. The van der Waals surface area contributed by atoms with E-state index in [1.54, 1.807) is 7.05 Å². The van der Waals surface area contributed by atoms with Crippen molar-refractivity contribution >= 4 is 28.5 Å². The van der Waals surface area contributed by atoms with Gasteiger partial charge in [-0.1, -0.05) is 42.4 Å². The van der Waals surface area contributed by atoms with Crippen LogP contribution in [0, 0.1) is 0 Å².